The topological polar surface area (TPSA) is 70.2 Å². The van der Waals surface area contributed by atoms with Crippen molar-refractivity contribution in [2.24, 2.45) is 0 Å². The zero-order chi connectivity index (χ0) is 13.8. The molecule has 1 aliphatic heterocycles. The molecule has 6 heteroatoms. The van der Waals surface area contributed by atoms with Crippen LogP contribution >= 0.6 is 11.6 Å². The van der Waals surface area contributed by atoms with Gasteiger partial charge in [-0.15, -0.1) is 0 Å². The lowest BCUT2D eigenvalue weighted by atomic mass is 10.2. The summed E-state index contributed by atoms with van der Waals surface area (Å²) in [6.07, 6.45) is 1.83. The zero-order valence-electron chi connectivity index (χ0n) is 10.6. The molecule has 3 N–H and O–H groups in total. The second-order valence-electron chi connectivity index (χ2n) is 4.51. The maximum absolute atomic E-state index is 12.0. The van der Waals surface area contributed by atoms with E-state index in [4.69, 9.17) is 11.6 Å². The molecule has 1 aliphatic rings. The standard InChI is InChI=1S/C13H16ClN3O2/c1-8(18)16-9-4-5-10(14)12(7-9)17-13(19)11-3-2-6-15-11/h4-5,7,11,15H,2-3,6H2,1H3,(H,16,18)(H,17,19). The lowest BCUT2D eigenvalue weighted by Gasteiger charge is -2.13. The van der Waals surface area contributed by atoms with Gasteiger partial charge in [-0.25, -0.2) is 0 Å². The highest BCUT2D eigenvalue weighted by Crippen LogP contribution is 2.26. The summed E-state index contributed by atoms with van der Waals surface area (Å²) in [6.45, 7) is 2.28. The van der Waals surface area contributed by atoms with Crippen molar-refractivity contribution in [1.82, 2.24) is 5.32 Å². The van der Waals surface area contributed by atoms with E-state index >= 15 is 0 Å². The second kappa shape index (κ2) is 6.04. The van der Waals surface area contributed by atoms with Gasteiger partial charge in [0.25, 0.3) is 0 Å². The van der Waals surface area contributed by atoms with Crippen LogP contribution in [-0.2, 0) is 9.59 Å². The van der Waals surface area contributed by atoms with Gasteiger partial charge in [-0.2, -0.15) is 0 Å². The van der Waals surface area contributed by atoms with Gasteiger partial charge < -0.3 is 16.0 Å². The Morgan fingerprint density at radius 1 is 1.37 bits per heavy atom. The Kier molecular flexibility index (Phi) is 4.39. The predicted molar refractivity (Wildman–Crippen MR) is 75.4 cm³/mol. The third-order valence-corrected chi connectivity index (χ3v) is 3.25. The van der Waals surface area contributed by atoms with E-state index in [2.05, 4.69) is 16.0 Å². The Labute approximate surface area is 116 Å². The quantitative estimate of drug-likeness (QED) is 0.793. The smallest absolute Gasteiger partial charge is 0.241 e. The van der Waals surface area contributed by atoms with Gasteiger partial charge in [-0.3, -0.25) is 9.59 Å². The first kappa shape index (κ1) is 13.8. The molecule has 1 heterocycles. The molecule has 19 heavy (non-hydrogen) atoms. The molecule has 0 saturated carbocycles. The highest BCUT2D eigenvalue weighted by molar-refractivity contribution is 6.34. The first-order valence-corrected chi connectivity index (χ1v) is 6.55. The van der Waals surface area contributed by atoms with Crippen molar-refractivity contribution in [3.63, 3.8) is 0 Å². The monoisotopic (exact) mass is 281 g/mol. The maximum atomic E-state index is 12.0. The van der Waals surface area contributed by atoms with Crippen LogP contribution in [-0.4, -0.2) is 24.4 Å². The molecule has 2 rings (SSSR count). The van der Waals surface area contributed by atoms with Crippen LogP contribution in [0.3, 0.4) is 0 Å². The third kappa shape index (κ3) is 3.68. The fourth-order valence-corrected chi connectivity index (χ4v) is 2.20. The fourth-order valence-electron chi connectivity index (χ4n) is 2.03. The molecule has 1 fully saturated rings. The summed E-state index contributed by atoms with van der Waals surface area (Å²) in [5.74, 6) is -0.267. The lowest BCUT2D eigenvalue weighted by Crippen LogP contribution is -2.35. The number of rotatable bonds is 3. The summed E-state index contributed by atoms with van der Waals surface area (Å²) in [6, 6.07) is 4.81. The number of nitrogens with one attached hydrogen (secondary N) is 3. The minimum absolute atomic E-state index is 0.0978. The van der Waals surface area contributed by atoms with Crippen molar-refractivity contribution >= 4 is 34.8 Å². The van der Waals surface area contributed by atoms with E-state index in [9.17, 15) is 9.59 Å². The Balaban J connectivity index is 2.09. The molecule has 1 saturated heterocycles. The number of anilines is 2. The summed E-state index contributed by atoms with van der Waals surface area (Å²) < 4.78 is 0. The minimum Gasteiger partial charge on any atom is -0.326 e. The number of halogens is 1. The van der Waals surface area contributed by atoms with Gasteiger partial charge in [0, 0.05) is 12.6 Å². The van der Waals surface area contributed by atoms with Crippen molar-refractivity contribution < 1.29 is 9.59 Å². The summed E-state index contributed by atoms with van der Waals surface area (Å²) in [7, 11) is 0. The van der Waals surface area contributed by atoms with Gasteiger partial charge in [0.15, 0.2) is 0 Å². The molecule has 5 nitrogen and oxygen atoms in total. The van der Waals surface area contributed by atoms with E-state index in [0.717, 1.165) is 19.4 Å². The normalized spacial score (nSPS) is 18.1. The van der Waals surface area contributed by atoms with Crippen LogP contribution in [0.1, 0.15) is 19.8 Å². The lowest BCUT2D eigenvalue weighted by molar-refractivity contribution is -0.117. The van der Waals surface area contributed by atoms with E-state index in [1.807, 2.05) is 0 Å². The van der Waals surface area contributed by atoms with Crippen molar-refractivity contribution in [3.8, 4) is 0 Å². The van der Waals surface area contributed by atoms with Crippen molar-refractivity contribution in [2.75, 3.05) is 17.2 Å². The van der Waals surface area contributed by atoms with Gasteiger partial charge in [0.05, 0.1) is 16.8 Å². The predicted octanol–water partition coefficient (Wildman–Crippen LogP) is 1.99. The molecule has 1 aromatic carbocycles. The molecule has 2 amide bonds. The van der Waals surface area contributed by atoms with Crippen LogP contribution in [0.15, 0.2) is 18.2 Å². The fraction of sp³-hybridized carbons (Fsp3) is 0.385. The number of hydrogen-bond acceptors (Lipinski definition) is 3. The highest BCUT2D eigenvalue weighted by Gasteiger charge is 2.22. The van der Waals surface area contributed by atoms with Crippen LogP contribution in [0.4, 0.5) is 11.4 Å². The largest absolute Gasteiger partial charge is 0.326 e. The van der Waals surface area contributed by atoms with E-state index < -0.39 is 0 Å². The van der Waals surface area contributed by atoms with E-state index in [1.54, 1.807) is 18.2 Å². The number of hydrogen-bond donors (Lipinski definition) is 3. The van der Waals surface area contributed by atoms with Crippen molar-refractivity contribution in [2.45, 2.75) is 25.8 Å². The molecular weight excluding hydrogens is 266 g/mol. The Morgan fingerprint density at radius 2 is 2.16 bits per heavy atom. The molecule has 102 valence electrons. The van der Waals surface area contributed by atoms with Crippen LogP contribution < -0.4 is 16.0 Å². The Bertz CT molecular complexity index is 499. The second-order valence-corrected chi connectivity index (χ2v) is 4.92. The van der Waals surface area contributed by atoms with Crippen LogP contribution in [0.5, 0.6) is 0 Å². The molecule has 0 aliphatic carbocycles. The highest BCUT2D eigenvalue weighted by atomic mass is 35.5. The van der Waals surface area contributed by atoms with Gasteiger partial charge in [-0.05, 0) is 37.6 Å². The number of carbonyl (C=O) groups excluding carboxylic acids is 2. The van der Waals surface area contributed by atoms with E-state index in [1.165, 1.54) is 6.92 Å². The molecule has 0 radical (unpaired) electrons. The number of benzene rings is 1. The van der Waals surface area contributed by atoms with Crippen LogP contribution in [0, 0.1) is 0 Å². The molecule has 0 bridgehead atoms. The molecule has 1 aromatic rings. The average Bonchev–Trinajstić information content (AvgIpc) is 2.86. The number of carbonyl (C=O) groups is 2. The summed E-state index contributed by atoms with van der Waals surface area (Å²) in [4.78, 5) is 23.0. The van der Waals surface area contributed by atoms with E-state index in [0.29, 0.717) is 16.4 Å². The van der Waals surface area contributed by atoms with Crippen LogP contribution in [0.2, 0.25) is 5.02 Å². The van der Waals surface area contributed by atoms with Gasteiger partial charge in [0.2, 0.25) is 11.8 Å². The Morgan fingerprint density at radius 3 is 2.79 bits per heavy atom. The Hall–Kier alpha value is -1.59. The summed E-state index contributed by atoms with van der Waals surface area (Å²) in [5.41, 5.74) is 1.11. The average molecular weight is 282 g/mol. The van der Waals surface area contributed by atoms with E-state index in [-0.39, 0.29) is 17.9 Å². The molecule has 0 aromatic heterocycles. The van der Waals surface area contributed by atoms with Crippen molar-refractivity contribution in [1.29, 1.82) is 0 Å². The molecule has 0 spiro atoms. The number of amides is 2. The van der Waals surface area contributed by atoms with Gasteiger partial charge >= 0.3 is 0 Å². The van der Waals surface area contributed by atoms with Gasteiger partial charge in [-0.1, -0.05) is 11.6 Å². The van der Waals surface area contributed by atoms with Crippen LogP contribution in [0.25, 0.3) is 0 Å². The minimum atomic E-state index is -0.169. The summed E-state index contributed by atoms with van der Waals surface area (Å²) in [5, 5.41) is 8.99. The molecule has 1 unspecified atom stereocenters. The SMILES string of the molecule is CC(=O)Nc1ccc(Cl)c(NC(=O)C2CCCN2)c1. The molecule has 1 atom stereocenters. The molecular formula is C13H16ClN3O2. The summed E-state index contributed by atoms with van der Waals surface area (Å²) >= 11 is 6.04. The maximum Gasteiger partial charge on any atom is 0.241 e. The van der Waals surface area contributed by atoms with Gasteiger partial charge in [0.1, 0.15) is 0 Å². The first-order chi connectivity index (χ1) is 9.06. The van der Waals surface area contributed by atoms with Crippen molar-refractivity contribution in [3.05, 3.63) is 23.2 Å². The zero-order valence-corrected chi connectivity index (χ0v) is 11.4. The third-order valence-electron chi connectivity index (χ3n) is 2.92. The first-order valence-electron chi connectivity index (χ1n) is 6.17.